The van der Waals surface area contributed by atoms with E-state index in [2.05, 4.69) is 4.74 Å². The van der Waals surface area contributed by atoms with E-state index < -0.39 is 11.8 Å². The molecule has 0 aromatic carbocycles. The third-order valence-corrected chi connectivity index (χ3v) is 2.23. The van der Waals surface area contributed by atoms with Crippen LogP contribution in [-0.4, -0.2) is 30.6 Å². The van der Waals surface area contributed by atoms with Crippen molar-refractivity contribution < 1.29 is 19.4 Å². The lowest BCUT2D eigenvalue weighted by Crippen LogP contribution is -2.14. The first-order valence-electron chi connectivity index (χ1n) is 5.44. The molecule has 0 saturated carbocycles. The molecule has 0 bridgehead atoms. The zero-order valence-corrected chi connectivity index (χ0v) is 9.33. The van der Waals surface area contributed by atoms with E-state index in [1.807, 2.05) is 0 Å². The van der Waals surface area contributed by atoms with E-state index in [-0.39, 0.29) is 13.0 Å². The minimum absolute atomic E-state index is 0.251. The van der Waals surface area contributed by atoms with Gasteiger partial charge in [-0.3, -0.25) is 4.79 Å². The van der Waals surface area contributed by atoms with Gasteiger partial charge in [-0.15, -0.1) is 0 Å². The maximum Gasteiger partial charge on any atom is 0.374 e. The fourth-order valence-electron chi connectivity index (χ4n) is 1.32. The number of aliphatic hydroxyl groups is 1. The van der Waals surface area contributed by atoms with Crippen LogP contribution in [0.1, 0.15) is 44.9 Å². The third-order valence-electron chi connectivity index (χ3n) is 2.23. The third kappa shape index (κ3) is 8.12. The molecule has 0 radical (unpaired) electrons. The highest BCUT2D eigenvalue weighted by Crippen LogP contribution is 2.07. The normalized spacial score (nSPS) is 10.0. The highest BCUT2D eigenvalue weighted by atomic mass is 16.5. The van der Waals surface area contributed by atoms with E-state index in [0.29, 0.717) is 0 Å². The molecule has 0 heterocycles. The Labute approximate surface area is 90.6 Å². The molecule has 0 aliphatic heterocycles. The lowest BCUT2D eigenvalue weighted by atomic mass is 10.1. The number of carbonyl (C=O) groups is 2. The van der Waals surface area contributed by atoms with Gasteiger partial charge in [-0.25, -0.2) is 4.79 Å². The summed E-state index contributed by atoms with van der Waals surface area (Å²) < 4.78 is 4.31. The number of ketones is 1. The molecule has 0 aromatic heterocycles. The fraction of sp³-hybridized carbons (Fsp3) is 0.818. The molecule has 0 aromatic rings. The molecule has 0 spiro atoms. The number of esters is 1. The molecule has 1 N–H and O–H groups in total. The zero-order chi connectivity index (χ0) is 11.5. The van der Waals surface area contributed by atoms with Crippen molar-refractivity contribution in [2.75, 3.05) is 13.7 Å². The number of methoxy groups -OCH3 is 1. The van der Waals surface area contributed by atoms with Gasteiger partial charge in [0, 0.05) is 13.0 Å². The predicted molar refractivity (Wildman–Crippen MR) is 56.4 cm³/mol. The minimum atomic E-state index is -0.740. The molecule has 15 heavy (non-hydrogen) atoms. The van der Waals surface area contributed by atoms with Gasteiger partial charge in [0.05, 0.1) is 7.11 Å². The van der Waals surface area contributed by atoms with Gasteiger partial charge in [0.1, 0.15) is 0 Å². The largest absolute Gasteiger partial charge is 0.463 e. The van der Waals surface area contributed by atoms with Crippen LogP contribution in [0.5, 0.6) is 0 Å². The van der Waals surface area contributed by atoms with E-state index >= 15 is 0 Å². The van der Waals surface area contributed by atoms with Crippen molar-refractivity contribution in [3.8, 4) is 0 Å². The molecule has 0 atom stereocenters. The maximum absolute atomic E-state index is 11.0. The molecular formula is C11H20O4. The second-order valence-electron chi connectivity index (χ2n) is 3.51. The zero-order valence-electron chi connectivity index (χ0n) is 9.33. The van der Waals surface area contributed by atoms with Gasteiger partial charge < -0.3 is 9.84 Å². The monoisotopic (exact) mass is 216 g/mol. The number of carbonyl (C=O) groups excluding carboxylic acids is 2. The first kappa shape index (κ1) is 14.1. The topological polar surface area (TPSA) is 63.6 Å². The summed E-state index contributed by atoms with van der Waals surface area (Å²) in [5, 5.41) is 8.53. The van der Waals surface area contributed by atoms with Crippen LogP contribution < -0.4 is 0 Å². The summed E-state index contributed by atoms with van der Waals surface area (Å²) in [6, 6.07) is 0. The van der Waals surface area contributed by atoms with Crippen LogP contribution in [0.4, 0.5) is 0 Å². The van der Waals surface area contributed by atoms with E-state index in [0.717, 1.165) is 38.5 Å². The Balaban J connectivity index is 3.24. The molecule has 0 aliphatic carbocycles. The minimum Gasteiger partial charge on any atom is -0.463 e. The Morgan fingerprint density at radius 3 is 2.07 bits per heavy atom. The molecular weight excluding hydrogens is 196 g/mol. The van der Waals surface area contributed by atoms with Crippen molar-refractivity contribution in [3.05, 3.63) is 0 Å². The Bertz CT molecular complexity index is 189. The number of unbranched alkanes of at least 4 members (excludes halogenated alkanes) is 5. The first-order valence-corrected chi connectivity index (χ1v) is 5.44. The number of ether oxygens (including phenoxy) is 1. The van der Waals surface area contributed by atoms with Gasteiger partial charge >= 0.3 is 5.97 Å². The van der Waals surface area contributed by atoms with E-state index in [9.17, 15) is 9.59 Å². The van der Waals surface area contributed by atoms with Crippen molar-refractivity contribution in [1.82, 2.24) is 0 Å². The maximum atomic E-state index is 11.0. The molecule has 0 amide bonds. The average Bonchev–Trinajstić information content (AvgIpc) is 2.26. The van der Waals surface area contributed by atoms with Crippen molar-refractivity contribution in [2.24, 2.45) is 0 Å². The number of hydrogen-bond donors (Lipinski definition) is 1. The first-order chi connectivity index (χ1) is 7.22. The average molecular weight is 216 g/mol. The Morgan fingerprint density at radius 2 is 1.53 bits per heavy atom. The summed E-state index contributed by atoms with van der Waals surface area (Å²) in [7, 11) is 1.22. The van der Waals surface area contributed by atoms with Gasteiger partial charge in [0.25, 0.3) is 0 Å². The summed E-state index contributed by atoms with van der Waals surface area (Å²) in [6.45, 7) is 0.251. The van der Waals surface area contributed by atoms with Crippen molar-refractivity contribution in [2.45, 2.75) is 44.9 Å². The van der Waals surface area contributed by atoms with Gasteiger partial charge in [-0.05, 0) is 12.8 Å². The van der Waals surface area contributed by atoms with Crippen LogP contribution in [0.25, 0.3) is 0 Å². The van der Waals surface area contributed by atoms with Gasteiger partial charge in [0.2, 0.25) is 5.78 Å². The summed E-state index contributed by atoms with van der Waals surface area (Å²) in [5.41, 5.74) is 0. The van der Waals surface area contributed by atoms with Crippen molar-refractivity contribution in [3.63, 3.8) is 0 Å². The summed E-state index contributed by atoms with van der Waals surface area (Å²) in [4.78, 5) is 21.7. The number of hydrogen-bond acceptors (Lipinski definition) is 4. The fourth-order valence-corrected chi connectivity index (χ4v) is 1.32. The second-order valence-corrected chi connectivity index (χ2v) is 3.51. The Kier molecular flexibility index (Phi) is 9.07. The smallest absolute Gasteiger partial charge is 0.374 e. The molecule has 0 saturated heterocycles. The SMILES string of the molecule is COC(=O)C(=O)CCCCCCCCO. The molecule has 0 rings (SSSR count). The standard InChI is InChI=1S/C11H20O4/c1-15-11(14)10(13)8-6-4-2-3-5-7-9-12/h12H,2-9H2,1H3. The molecule has 4 heteroatoms. The van der Waals surface area contributed by atoms with Crippen LogP contribution in [0, 0.1) is 0 Å². The van der Waals surface area contributed by atoms with Crippen molar-refractivity contribution in [1.29, 1.82) is 0 Å². The number of aliphatic hydroxyl groups excluding tert-OH is 1. The van der Waals surface area contributed by atoms with Crippen molar-refractivity contribution >= 4 is 11.8 Å². The Hall–Kier alpha value is -0.900. The molecule has 88 valence electrons. The molecule has 0 aliphatic rings. The highest BCUT2D eigenvalue weighted by molar-refractivity contribution is 6.33. The van der Waals surface area contributed by atoms with Gasteiger partial charge in [0.15, 0.2) is 0 Å². The van der Waals surface area contributed by atoms with Crippen LogP contribution in [-0.2, 0) is 14.3 Å². The van der Waals surface area contributed by atoms with E-state index in [1.54, 1.807) is 0 Å². The quantitative estimate of drug-likeness (QED) is 0.360. The van der Waals surface area contributed by atoms with Crippen LogP contribution in [0.2, 0.25) is 0 Å². The van der Waals surface area contributed by atoms with E-state index in [4.69, 9.17) is 5.11 Å². The Morgan fingerprint density at radius 1 is 1.00 bits per heavy atom. The number of rotatable bonds is 9. The predicted octanol–water partition coefficient (Wildman–Crippen LogP) is 1.45. The van der Waals surface area contributed by atoms with Crippen LogP contribution in [0.15, 0.2) is 0 Å². The summed E-state index contributed by atoms with van der Waals surface area (Å²) in [5.74, 6) is -1.18. The molecule has 0 unspecified atom stereocenters. The molecule has 0 fully saturated rings. The lowest BCUT2D eigenvalue weighted by molar-refractivity contribution is -0.151. The van der Waals surface area contributed by atoms with E-state index in [1.165, 1.54) is 7.11 Å². The molecule has 4 nitrogen and oxygen atoms in total. The summed E-state index contributed by atoms with van der Waals surface area (Å²) >= 11 is 0. The number of Topliss-reactive ketones (excluding diaryl/α,β-unsaturated/α-hetero) is 1. The second kappa shape index (κ2) is 9.65. The van der Waals surface area contributed by atoms with Gasteiger partial charge in [-0.1, -0.05) is 25.7 Å². The highest BCUT2D eigenvalue weighted by Gasteiger charge is 2.12. The van der Waals surface area contributed by atoms with Gasteiger partial charge in [-0.2, -0.15) is 0 Å². The van der Waals surface area contributed by atoms with Crippen LogP contribution in [0.3, 0.4) is 0 Å². The van der Waals surface area contributed by atoms with Crippen LogP contribution >= 0.6 is 0 Å². The lowest BCUT2D eigenvalue weighted by Gasteiger charge is -2.00. The summed E-state index contributed by atoms with van der Waals surface area (Å²) in [6.07, 6.45) is 5.98.